The van der Waals surface area contributed by atoms with Crippen LogP contribution >= 0.6 is 0 Å². The molecule has 0 aromatic heterocycles. The van der Waals surface area contributed by atoms with Crippen molar-refractivity contribution in [3.63, 3.8) is 0 Å². The van der Waals surface area contributed by atoms with E-state index >= 15 is 0 Å². The summed E-state index contributed by atoms with van der Waals surface area (Å²) in [4.78, 5) is 2.53. The third kappa shape index (κ3) is 0.722. The second kappa shape index (κ2) is 2.21. The molecule has 0 spiro atoms. The monoisotopic (exact) mass is 139 g/mol. The van der Waals surface area contributed by atoms with E-state index in [1.807, 2.05) is 0 Å². The Balaban J connectivity index is 2.15. The van der Waals surface area contributed by atoms with Crippen LogP contribution in [-0.4, -0.2) is 30.1 Å². The number of hydrogen-bond acceptors (Lipinski definition) is 1. The summed E-state index contributed by atoms with van der Waals surface area (Å²) in [5.74, 6) is 0. The van der Waals surface area contributed by atoms with Crippen molar-refractivity contribution in [3.8, 4) is 0 Å². The maximum Gasteiger partial charge on any atom is 0.0348 e. The van der Waals surface area contributed by atoms with E-state index in [9.17, 15) is 0 Å². The van der Waals surface area contributed by atoms with Gasteiger partial charge in [0.05, 0.1) is 0 Å². The first kappa shape index (κ1) is 6.62. The maximum atomic E-state index is 7.48. The van der Waals surface area contributed by atoms with Gasteiger partial charge in [-0.3, -0.25) is 10.6 Å². The van der Waals surface area contributed by atoms with Crippen LogP contribution in [0.15, 0.2) is 0 Å². The molecule has 0 aromatic carbocycles. The van der Waals surface area contributed by atoms with Crippen molar-refractivity contribution in [3.05, 3.63) is 0 Å². The van der Waals surface area contributed by atoms with Gasteiger partial charge >= 0.3 is 0 Å². The SMILES string of the molecule is [NH]CC12CCCN1CCC2. The highest BCUT2D eigenvalue weighted by Gasteiger charge is 2.42. The molecule has 2 fully saturated rings. The summed E-state index contributed by atoms with van der Waals surface area (Å²) < 4.78 is 0. The number of fused-ring (bicyclic) bond motifs is 1. The second-order valence-corrected chi connectivity index (χ2v) is 3.60. The first-order valence-electron chi connectivity index (χ1n) is 4.27. The molecule has 0 aliphatic carbocycles. The maximum absolute atomic E-state index is 7.48. The largest absolute Gasteiger partial charge is 0.296 e. The smallest absolute Gasteiger partial charge is 0.0348 e. The summed E-state index contributed by atoms with van der Waals surface area (Å²) >= 11 is 0. The molecule has 2 aliphatic heterocycles. The lowest BCUT2D eigenvalue weighted by atomic mass is 9.95. The van der Waals surface area contributed by atoms with E-state index in [1.54, 1.807) is 0 Å². The van der Waals surface area contributed by atoms with Crippen LogP contribution in [0.3, 0.4) is 0 Å². The van der Waals surface area contributed by atoms with Gasteiger partial charge in [-0.15, -0.1) is 0 Å². The molecule has 0 amide bonds. The number of nitrogens with zero attached hydrogens (tertiary/aromatic N) is 1. The van der Waals surface area contributed by atoms with Crippen molar-refractivity contribution in [1.29, 1.82) is 0 Å². The lowest BCUT2D eigenvalue weighted by molar-refractivity contribution is 0.202. The Morgan fingerprint density at radius 2 is 1.80 bits per heavy atom. The molecule has 2 heteroatoms. The summed E-state index contributed by atoms with van der Waals surface area (Å²) in [5.41, 5.74) is 7.82. The molecule has 2 nitrogen and oxygen atoms in total. The third-order valence-electron chi connectivity index (χ3n) is 3.14. The third-order valence-corrected chi connectivity index (χ3v) is 3.14. The van der Waals surface area contributed by atoms with Crippen LogP contribution in [0.2, 0.25) is 0 Å². The Labute approximate surface area is 62.4 Å². The van der Waals surface area contributed by atoms with Gasteiger partial charge < -0.3 is 0 Å². The van der Waals surface area contributed by atoms with Crippen LogP contribution < -0.4 is 5.73 Å². The molecule has 0 aromatic rings. The van der Waals surface area contributed by atoms with Crippen molar-refractivity contribution in [1.82, 2.24) is 10.6 Å². The molecule has 2 aliphatic rings. The lowest BCUT2D eigenvalue weighted by Gasteiger charge is -2.29. The van der Waals surface area contributed by atoms with Crippen molar-refractivity contribution < 1.29 is 0 Å². The first-order valence-corrected chi connectivity index (χ1v) is 4.27. The number of rotatable bonds is 1. The highest BCUT2D eigenvalue weighted by Crippen LogP contribution is 2.37. The molecule has 1 N–H and O–H groups in total. The van der Waals surface area contributed by atoms with Gasteiger partial charge in [0.2, 0.25) is 0 Å². The predicted molar refractivity (Wildman–Crippen MR) is 40.7 cm³/mol. The van der Waals surface area contributed by atoms with Gasteiger partial charge in [0.25, 0.3) is 0 Å². The molecule has 1 radical (unpaired) electrons. The van der Waals surface area contributed by atoms with Gasteiger partial charge in [-0.25, -0.2) is 0 Å². The predicted octanol–water partition coefficient (Wildman–Crippen LogP) is 0.898. The van der Waals surface area contributed by atoms with Crippen molar-refractivity contribution in [2.24, 2.45) is 0 Å². The van der Waals surface area contributed by atoms with Crippen molar-refractivity contribution in [2.75, 3.05) is 19.6 Å². The molecule has 57 valence electrons. The van der Waals surface area contributed by atoms with Gasteiger partial charge in [0.1, 0.15) is 0 Å². The zero-order chi connectivity index (χ0) is 7.03. The van der Waals surface area contributed by atoms with Gasteiger partial charge in [0, 0.05) is 12.1 Å². The zero-order valence-corrected chi connectivity index (χ0v) is 6.40. The van der Waals surface area contributed by atoms with E-state index in [1.165, 1.54) is 38.8 Å². The van der Waals surface area contributed by atoms with E-state index in [-0.39, 0.29) is 0 Å². The number of nitrogens with one attached hydrogen (secondary N) is 1. The van der Waals surface area contributed by atoms with Gasteiger partial charge in [-0.2, -0.15) is 0 Å². The average molecular weight is 139 g/mol. The van der Waals surface area contributed by atoms with Crippen LogP contribution in [0.4, 0.5) is 0 Å². The molecule has 0 atom stereocenters. The van der Waals surface area contributed by atoms with Crippen LogP contribution in [0.25, 0.3) is 0 Å². The van der Waals surface area contributed by atoms with Gasteiger partial charge in [0.15, 0.2) is 0 Å². The topological polar surface area (TPSA) is 27.0 Å². The van der Waals surface area contributed by atoms with E-state index in [0.29, 0.717) is 12.1 Å². The summed E-state index contributed by atoms with van der Waals surface area (Å²) in [5, 5.41) is 0. The molecular formula is C8H15N2. The molecule has 0 saturated carbocycles. The Morgan fingerprint density at radius 3 is 2.20 bits per heavy atom. The van der Waals surface area contributed by atoms with Gasteiger partial charge in [-0.1, -0.05) is 0 Å². The summed E-state index contributed by atoms with van der Waals surface area (Å²) in [6.07, 6.45) is 5.24. The highest BCUT2D eigenvalue weighted by molar-refractivity contribution is 5.00. The highest BCUT2D eigenvalue weighted by atomic mass is 15.2. The summed E-state index contributed by atoms with van der Waals surface area (Å²) in [7, 11) is 0. The van der Waals surface area contributed by atoms with E-state index < -0.39 is 0 Å². The van der Waals surface area contributed by atoms with Crippen LogP contribution in [-0.2, 0) is 0 Å². The summed E-state index contributed by atoms with van der Waals surface area (Å²) in [6, 6.07) is 0. The van der Waals surface area contributed by atoms with Crippen LogP contribution in [0.5, 0.6) is 0 Å². The Kier molecular flexibility index (Phi) is 1.46. The normalized spacial score (nSPS) is 30.9. The lowest BCUT2D eigenvalue weighted by Crippen LogP contribution is -2.41. The molecule has 2 heterocycles. The molecule has 10 heavy (non-hydrogen) atoms. The van der Waals surface area contributed by atoms with E-state index in [0.717, 1.165) is 0 Å². The Bertz CT molecular complexity index is 123. The fourth-order valence-electron chi connectivity index (χ4n) is 2.51. The standard InChI is InChI=1S/C8H15N2/c9-7-8-3-1-5-10(8)6-2-4-8/h9H,1-7H2. The Hall–Kier alpha value is -0.0800. The zero-order valence-electron chi connectivity index (χ0n) is 6.40. The van der Waals surface area contributed by atoms with E-state index in [2.05, 4.69) is 4.90 Å². The minimum atomic E-state index is 0.347. The quantitative estimate of drug-likeness (QED) is 0.530. The van der Waals surface area contributed by atoms with Gasteiger partial charge in [-0.05, 0) is 38.8 Å². The fourth-order valence-corrected chi connectivity index (χ4v) is 2.51. The molecule has 2 saturated heterocycles. The second-order valence-electron chi connectivity index (χ2n) is 3.60. The van der Waals surface area contributed by atoms with Crippen LogP contribution in [0, 0.1) is 0 Å². The Morgan fingerprint density at radius 1 is 1.20 bits per heavy atom. The van der Waals surface area contributed by atoms with Crippen molar-refractivity contribution in [2.45, 2.75) is 31.2 Å². The summed E-state index contributed by atoms with van der Waals surface area (Å²) in [6.45, 7) is 3.16. The first-order chi connectivity index (χ1) is 4.87. The molecule has 0 unspecified atom stereocenters. The minimum Gasteiger partial charge on any atom is -0.296 e. The molecule has 2 rings (SSSR count). The van der Waals surface area contributed by atoms with Crippen LogP contribution in [0.1, 0.15) is 25.7 Å². The molecular weight excluding hydrogens is 124 g/mol. The minimum absolute atomic E-state index is 0.347. The fraction of sp³-hybridized carbons (Fsp3) is 1.00. The van der Waals surface area contributed by atoms with E-state index in [4.69, 9.17) is 5.73 Å². The number of hydrogen-bond donors (Lipinski definition) is 0. The van der Waals surface area contributed by atoms with Crippen molar-refractivity contribution >= 4 is 0 Å². The molecule has 0 bridgehead atoms. The average Bonchev–Trinajstić information content (AvgIpc) is 2.42.